The third-order valence-electron chi connectivity index (χ3n) is 6.69. The van der Waals surface area contributed by atoms with Crippen LogP contribution >= 0.6 is 0 Å². The van der Waals surface area contributed by atoms with Crippen LogP contribution in [0.5, 0.6) is 11.5 Å². The Kier molecular flexibility index (Phi) is 7.55. The van der Waals surface area contributed by atoms with Gasteiger partial charge in [0.1, 0.15) is 11.6 Å². The molecule has 10 nitrogen and oxygen atoms in total. The molecular formula is C27H28F2N6O4. The molecule has 0 bridgehead atoms. The first-order valence-electron chi connectivity index (χ1n) is 12.5. The predicted molar refractivity (Wildman–Crippen MR) is 139 cm³/mol. The van der Waals surface area contributed by atoms with Gasteiger partial charge in [0.2, 0.25) is 5.95 Å². The first-order valence-corrected chi connectivity index (χ1v) is 12.5. The number of aryl methyl sites for hydroxylation is 1. The Hall–Kier alpha value is -4.32. The highest BCUT2D eigenvalue weighted by atomic mass is 19.1. The molecule has 0 spiro atoms. The summed E-state index contributed by atoms with van der Waals surface area (Å²) in [6.45, 7) is 0. The van der Waals surface area contributed by atoms with Crippen molar-refractivity contribution in [2.24, 2.45) is 7.05 Å². The molecule has 0 saturated heterocycles. The van der Waals surface area contributed by atoms with Crippen LogP contribution < -0.4 is 20.1 Å². The van der Waals surface area contributed by atoms with Crippen molar-refractivity contribution in [2.45, 2.75) is 43.9 Å². The van der Waals surface area contributed by atoms with Gasteiger partial charge in [0.15, 0.2) is 11.6 Å². The van der Waals surface area contributed by atoms with Crippen molar-refractivity contribution in [2.75, 3.05) is 12.4 Å². The number of hydrogen-bond acceptors (Lipinski definition) is 8. The number of hydrogen-bond donors (Lipinski definition) is 3. The Labute approximate surface area is 223 Å². The van der Waals surface area contributed by atoms with E-state index in [1.807, 2.05) is 0 Å². The zero-order valence-electron chi connectivity index (χ0n) is 21.4. The van der Waals surface area contributed by atoms with E-state index in [1.165, 1.54) is 31.5 Å². The summed E-state index contributed by atoms with van der Waals surface area (Å²) >= 11 is 0. The van der Waals surface area contributed by atoms with Gasteiger partial charge in [0, 0.05) is 43.2 Å². The molecule has 1 amide bonds. The number of halogens is 2. The van der Waals surface area contributed by atoms with E-state index in [-0.39, 0.29) is 34.5 Å². The van der Waals surface area contributed by atoms with Crippen LogP contribution in [0.1, 0.15) is 42.9 Å². The maximum absolute atomic E-state index is 14.8. The fraction of sp³-hybridized carbons (Fsp3) is 0.333. The van der Waals surface area contributed by atoms with Crippen LogP contribution in [0.4, 0.5) is 19.5 Å². The lowest BCUT2D eigenvalue weighted by molar-refractivity contribution is 0.126. The summed E-state index contributed by atoms with van der Waals surface area (Å²) in [4.78, 5) is 21.5. The first kappa shape index (κ1) is 26.3. The Bertz CT molecular complexity index is 1490. The Morgan fingerprint density at radius 1 is 1.10 bits per heavy atom. The fourth-order valence-electron chi connectivity index (χ4n) is 4.66. The van der Waals surface area contributed by atoms with Gasteiger partial charge in [-0.3, -0.25) is 4.68 Å². The second-order valence-electron chi connectivity index (χ2n) is 9.49. The van der Waals surface area contributed by atoms with Gasteiger partial charge in [-0.05, 0) is 43.4 Å². The van der Waals surface area contributed by atoms with E-state index in [0.717, 1.165) is 18.9 Å². The fourth-order valence-corrected chi connectivity index (χ4v) is 4.66. The summed E-state index contributed by atoms with van der Waals surface area (Å²) in [6, 6.07) is 6.16. The Balaban J connectivity index is 1.35. The summed E-state index contributed by atoms with van der Waals surface area (Å²) in [5, 5.41) is 20.0. The molecule has 2 aromatic heterocycles. The number of aliphatic hydroxyl groups is 1. The van der Waals surface area contributed by atoms with E-state index in [9.17, 15) is 18.7 Å². The average Bonchev–Trinajstić information content (AvgIpc) is 3.34. The lowest BCUT2D eigenvalue weighted by atomic mass is 9.93. The van der Waals surface area contributed by atoms with Gasteiger partial charge in [-0.1, -0.05) is 6.07 Å². The number of nitrogens with one attached hydrogen (secondary N) is 2. The molecule has 1 aliphatic carbocycles. The Morgan fingerprint density at radius 2 is 1.90 bits per heavy atom. The van der Waals surface area contributed by atoms with Crippen molar-refractivity contribution in [3.63, 3.8) is 0 Å². The van der Waals surface area contributed by atoms with Crippen molar-refractivity contribution in [3.8, 4) is 11.5 Å². The zero-order valence-corrected chi connectivity index (χ0v) is 21.4. The Morgan fingerprint density at radius 3 is 2.59 bits per heavy atom. The number of benzene rings is 2. The molecule has 12 heteroatoms. The van der Waals surface area contributed by atoms with E-state index < -0.39 is 23.8 Å². The van der Waals surface area contributed by atoms with Crippen molar-refractivity contribution in [3.05, 3.63) is 71.7 Å². The molecule has 4 aromatic rings. The number of methoxy groups -OCH3 is 1. The summed E-state index contributed by atoms with van der Waals surface area (Å²) in [5.41, 5.74) is 1.27. The summed E-state index contributed by atoms with van der Waals surface area (Å²) < 4.78 is 41.2. The van der Waals surface area contributed by atoms with Gasteiger partial charge in [-0.2, -0.15) is 5.10 Å². The second-order valence-corrected chi connectivity index (χ2v) is 9.49. The molecule has 0 aliphatic heterocycles. The highest BCUT2D eigenvalue weighted by Gasteiger charge is 2.23. The molecule has 2 aromatic carbocycles. The quantitative estimate of drug-likeness (QED) is 0.319. The minimum Gasteiger partial charge on any atom is -0.494 e. The average molecular weight is 539 g/mol. The van der Waals surface area contributed by atoms with Crippen molar-refractivity contribution in [1.29, 1.82) is 0 Å². The third-order valence-corrected chi connectivity index (χ3v) is 6.69. The van der Waals surface area contributed by atoms with Gasteiger partial charge in [0.05, 0.1) is 36.4 Å². The minimum atomic E-state index is -0.882. The van der Waals surface area contributed by atoms with Gasteiger partial charge >= 0.3 is 6.09 Å². The normalized spacial score (nSPS) is 18.0. The molecule has 39 heavy (non-hydrogen) atoms. The third kappa shape index (κ3) is 6.06. The van der Waals surface area contributed by atoms with Crippen LogP contribution in [0.2, 0.25) is 0 Å². The monoisotopic (exact) mass is 538 g/mol. The largest absolute Gasteiger partial charge is 0.494 e. The number of anilines is 1. The topological polar surface area (TPSA) is 123 Å². The number of nitrogens with zero attached hydrogens (tertiary/aromatic N) is 4. The van der Waals surface area contributed by atoms with Crippen molar-refractivity contribution in [1.82, 2.24) is 25.1 Å². The maximum atomic E-state index is 14.8. The highest BCUT2D eigenvalue weighted by molar-refractivity contribution is 5.82. The van der Waals surface area contributed by atoms with Crippen LogP contribution in [0.3, 0.4) is 0 Å². The molecule has 204 valence electrons. The predicted octanol–water partition coefficient (Wildman–Crippen LogP) is 4.24. The molecule has 0 radical (unpaired) electrons. The first-order chi connectivity index (χ1) is 18.8. The lowest BCUT2D eigenvalue weighted by Crippen LogP contribution is -2.31. The number of aromatic nitrogens is 4. The van der Waals surface area contributed by atoms with Crippen LogP contribution in [-0.4, -0.2) is 50.2 Å². The molecule has 1 saturated carbocycles. The minimum absolute atomic E-state index is 0.0613. The number of fused-ring (bicyclic) bond motifs is 1. The van der Waals surface area contributed by atoms with Gasteiger partial charge < -0.3 is 25.2 Å². The molecule has 2 heterocycles. The van der Waals surface area contributed by atoms with E-state index in [1.54, 1.807) is 30.2 Å². The number of carbonyl (C=O) groups is 1. The van der Waals surface area contributed by atoms with E-state index in [4.69, 9.17) is 9.47 Å². The molecule has 0 unspecified atom stereocenters. The summed E-state index contributed by atoms with van der Waals surface area (Å²) in [7, 11) is 3.08. The van der Waals surface area contributed by atoms with E-state index in [0.29, 0.717) is 29.9 Å². The number of rotatable bonds is 7. The highest BCUT2D eigenvalue weighted by Crippen LogP contribution is 2.28. The second kappa shape index (κ2) is 11.2. The molecule has 5 rings (SSSR count). The number of ether oxygens (including phenoxy) is 2. The van der Waals surface area contributed by atoms with E-state index in [2.05, 4.69) is 25.7 Å². The van der Waals surface area contributed by atoms with Crippen LogP contribution in [-0.2, 0) is 7.05 Å². The maximum Gasteiger partial charge on any atom is 0.413 e. The number of amides is 1. The van der Waals surface area contributed by atoms with Gasteiger partial charge in [0.25, 0.3) is 0 Å². The van der Waals surface area contributed by atoms with Gasteiger partial charge in [-0.15, -0.1) is 0 Å². The van der Waals surface area contributed by atoms with Crippen LogP contribution in [0, 0.1) is 11.6 Å². The molecule has 3 N–H and O–H groups in total. The zero-order chi connectivity index (χ0) is 27.5. The molecule has 1 fully saturated rings. The number of carbonyl (C=O) groups excluding carboxylic acids is 1. The van der Waals surface area contributed by atoms with Crippen LogP contribution in [0.25, 0.3) is 10.9 Å². The van der Waals surface area contributed by atoms with Crippen molar-refractivity contribution >= 4 is 22.9 Å². The van der Waals surface area contributed by atoms with Crippen LogP contribution in [0.15, 0.2) is 48.9 Å². The standard InChI is InChI=1S/C27H28F2N6O4/c1-35-14-16(12-31-35)25(15-3-8-24(38-2)22(29)9-15)34-27(37)39-19-10-21(28)20-13-30-26(33-23(20)11-19)32-17-4-6-18(36)7-5-17/h3,8-14,17-18,25,36H,4-7H2,1-2H3,(H,34,37)(H,30,32,33)/t17?,18?,25-/m0/s1. The van der Waals surface area contributed by atoms with Gasteiger partial charge in [-0.25, -0.2) is 23.5 Å². The number of aliphatic hydroxyl groups excluding tert-OH is 1. The smallest absolute Gasteiger partial charge is 0.413 e. The summed E-state index contributed by atoms with van der Waals surface area (Å²) in [5.74, 6) is -0.917. The lowest BCUT2D eigenvalue weighted by Gasteiger charge is -2.26. The molecule has 1 aliphatic rings. The van der Waals surface area contributed by atoms with Crippen molar-refractivity contribution < 1.29 is 28.2 Å². The molecular weight excluding hydrogens is 510 g/mol. The van der Waals surface area contributed by atoms with E-state index >= 15 is 0 Å². The summed E-state index contributed by atoms with van der Waals surface area (Å²) in [6.07, 6.45) is 6.36. The SMILES string of the molecule is COc1ccc([C@H](NC(=O)Oc2cc(F)c3cnc(NC4CCC(O)CC4)nc3c2)c2cnn(C)c2)cc1F. The molecule has 1 atom stereocenters.